The van der Waals surface area contributed by atoms with Crippen LogP contribution in [0.25, 0.3) is 21.9 Å². The molecule has 1 saturated heterocycles. The molecule has 3 amide bonds. The van der Waals surface area contributed by atoms with Gasteiger partial charge in [0.1, 0.15) is 5.82 Å². The van der Waals surface area contributed by atoms with Gasteiger partial charge in [-0.15, -0.1) is 0 Å². The summed E-state index contributed by atoms with van der Waals surface area (Å²) < 4.78 is 20.6. The van der Waals surface area contributed by atoms with E-state index >= 15 is 0 Å². The van der Waals surface area contributed by atoms with Crippen LogP contribution in [0.3, 0.4) is 0 Å². The number of likely N-dealkylation sites (N-methyl/N-ethyl adjacent to an activating group) is 1. The largest absolute Gasteiger partial charge is 0.397 e. The normalized spacial score (nSPS) is 13.0. The molecule has 0 atom stereocenters. The average molecular weight is 749 g/mol. The van der Waals surface area contributed by atoms with Gasteiger partial charge in [0.05, 0.1) is 42.1 Å². The van der Waals surface area contributed by atoms with Gasteiger partial charge < -0.3 is 25.6 Å². The lowest BCUT2D eigenvalue weighted by molar-refractivity contribution is -0.133. The Bertz CT molecular complexity index is 2240. The number of aromatic nitrogens is 3. The predicted octanol–water partition coefficient (Wildman–Crippen LogP) is 3.52. The number of benzene rings is 3. The van der Waals surface area contributed by atoms with E-state index in [0.29, 0.717) is 60.4 Å². The van der Waals surface area contributed by atoms with Crippen LogP contribution in [0.5, 0.6) is 0 Å². The minimum atomic E-state index is -0.626. The van der Waals surface area contributed by atoms with Crippen molar-refractivity contribution in [2.45, 2.75) is 19.8 Å². The number of fused-ring (bicyclic) bond motifs is 1. The van der Waals surface area contributed by atoms with Crippen molar-refractivity contribution >= 4 is 34.2 Å². The monoisotopic (exact) mass is 748 g/mol. The SMILES string of the molecule is CCc1cccc(-c2cnc(C(=O)NCCOCCN(C)CC(=O)N3CCN(C(=O)c4cc(Cc5n[nH]c(=O)c6ccccc56)ccc4F)CC3)c(N)c2)c1. The molecule has 0 spiro atoms. The summed E-state index contributed by atoms with van der Waals surface area (Å²) in [5.41, 5.74) is 10.6. The van der Waals surface area contributed by atoms with Crippen LogP contribution in [0.15, 0.2) is 83.8 Å². The molecule has 0 bridgehead atoms. The number of hydrogen-bond acceptors (Lipinski definition) is 9. The highest BCUT2D eigenvalue weighted by molar-refractivity contribution is 5.98. The van der Waals surface area contributed by atoms with Crippen molar-refractivity contribution in [3.05, 3.63) is 123 Å². The van der Waals surface area contributed by atoms with Gasteiger partial charge in [0.15, 0.2) is 5.69 Å². The summed E-state index contributed by atoms with van der Waals surface area (Å²) in [5, 5.41) is 10.7. The van der Waals surface area contributed by atoms with Crippen LogP contribution in [0.2, 0.25) is 0 Å². The van der Waals surface area contributed by atoms with Gasteiger partial charge in [0.25, 0.3) is 17.4 Å². The third-order valence-corrected chi connectivity index (χ3v) is 9.68. The summed E-state index contributed by atoms with van der Waals surface area (Å²) in [6.07, 6.45) is 2.86. The van der Waals surface area contributed by atoms with Crippen LogP contribution in [0.1, 0.15) is 44.6 Å². The number of nitrogens with two attached hydrogens (primary N) is 1. The number of rotatable bonds is 14. The number of anilines is 1. The third-order valence-electron chi connectivity index (χ3n) is 9.68. The smallest absolute Gasteiger partial charge is 0.272 e. The van der Waals surface area contributed by atoms with E-state index in [4.69, 9.17) is 10.5 Å². The standard InChI is InChI=1S/C41H45FN8O5/c1-3-27-7-6-8-29(21-27)30-24-35(43)38(45-25-30)40(53)44-13-19-55-20-18-48(2)26-37(51)49-14-16-50(17-15-49)41(54)33-22-28(11-12-34(33)42)23-36-31-9-4-5-10-32(31)39(52)47-46-36/h4-12,21-22,24-25H,3,13-20,23,26,43H2,1-2H3,(H,44,53)(H,47,52). The molecule has 0 radical (unpaired) electrons. The minimum absolute atomic E-state index is 0.0472. The topological polar surface area (TPSA) is 167 Å². The van der Waals surface area contributed by atoms with Gasteiger partial charge in [0, 0.05) is 62.8 Å². The molecule has 1 aliphatic rings. The van der Waals surface area contributed by atoms with Crippen LogP contribution in [0.4, 0.5) is 10.1 Å². The van der Waals surface area contributed by atoms with Crippen molar-refractivity contribution in [1.29, 1.82) is 0 Å². The third kappa shape index (κ3) is 9.58. The Morgan fingerprint density at radius 3 is 2.45 bits per heavy atom. The number of nitrogens with zero attached hydrogens (tertiary/aromatic N) is 5. The maximum absolute atomic E-state index is 14.9. The first kappa shape index (κ1) is 38.7. The van der Waals surface area contributed by atoms with Gasteiger partial charge in [0.2, 0.25) is 5.91 Å². The lowest BCUT2D eigenvalue weighted by Gasteiger charge is -2.35. The average Bonchev–Trinajstić information content (AvgIpc) is 3.20. The van der Waals surface area contributed by atoms with Crippen molar-refractivity contribution in [3.8, 4) is 11.1 Å². The highest BCUT2D eigenvalue weighted by Crippen LogP contribution is 2.24. The number of piperazine rings is 1. The highest BCUT2D eigenvalue weighted by Gasteiger charge is 2.27. The van der Waals surface area contributed by atoms with Crippen molar-refractivity contribution in [2.24, 2.45) is 0 Å². The number of carbonyl (C=O) groups is 3. The number of hydrogen-bond donors (Lipinski definition) is 3. The molecule has 1 fully saturated rings. The maximum Gasteiger partial charge on any atom is 0.272 e. The summed E-state index contributed by atoms with van der Waals surface area (Å²) in [7, 11) is 1.82. The Labute approximate surface area is 318 Å². The van der Waals surface area contributed by atoms with Gasteiger partial charge in [-0.05, 0) is 54.4 Å². The Kier molecular flexibility index (Phi) is 12.6. The molecule has 0 saturated carbocycles. The van der Waals surface area contributed by atoms with Gasteiger partial charge in [-0.2, -0.15) is 5.10 Å². The minimum Gasteiger partial charge on any atom is -0.397 e. The fourth-order valence-electron chi connectivity index (χ4n) is 6.53. The Hall–Kier alpha value is -5.99. The van der Waals surface area contributed by atoms with Crippen molar-refractivity contribution in [3.63, 3.8) is 0 Å². The van der Waals surface area contributed by atoms with E-state index in [1.807, 2.05) is 36.2 Å². The summed E-state index contributed by atoms with van der Waals surface area (Å²) >= 11 is 0. The van der Waals surface area contributed by atoms with Crippen molar-refractivity contribution < 1.29 is 23.5 Å². The second-order valence-corrected chi connectivity index (χ2v) is 13.5. The first-order chi connectivity index (χ1) is 26.6. The van der Waals surface area contributed by atoms with E-state index in [2.05, 4.69) is 39.6 Å². The number of aryl methyl sites for hydroxylation is 1. The van der Waals surface area contributed by atoms with Gasteiger partial charge in [-0.3, -0.25) is 24.1 Å². The number of nitrogen functional groups attached to an aromatic ring is 1. The van der Waals surface area contributed by atoms with Crippen LogP contribution in [0, 0.1) is 5.82 Å². The van der Waals surface area contributed by atoms with E-state index in [9.17, 15) is 23.6 Å². The fourth-order valence-corrected chi connectivity index (χ4v) is 6.53. The molecule has 14 heteroatoms. The van der Waals surface area contributed by atoms with Crippen molar-refractivity contribution in [1.82, 2.24) is 35.2 Å². The number of pyridine rings is 1. The molecule has 6 rings (SSSR count). The molecule has 13 nitrogen and oxygen atoms in total. The molecule has 0 unspecified atom stereocenters. The quantitative estimate of drug-likeness (QED) is 0.144. The lowest BCUT2D eigenvalue weighted by Crippen LogP contribution is -2.52. The number of aromatic amines is 1. The first-order valence-corrected chi connectivity index (χ1v) is 18.3. The van der Waals surface area contributed by atoms with E-state index < -0.39 is 11.7 Å². The van der Waals surface area contributed by atoms with Gasteiger partial charge in [-0.1, -0.05) is 55.5 Å². The second kappa shape index (κ2) is 17.9. The van der Waals surface area contributed by atoms with E-state index in [1.165, 1.54) is 17.7 Å². The molecule has 0 aliphatic carbocycles. The number of amides is 3. The molecule has 3 aromatic carbocycles. The summed E-state index contributed by atoms with van der Waals surface area (Å²) in [4.78, 5) is 60.7. The lowest BCUT2D eigenvalue weighted by atomic mass is 10.0. The molecular weight excluding hydrogens is 703 g/mol. The molecular formula is C41H45FN8O5. The Morgan fingerprint density at radius 1 is 0.927 bits per heavy atom. The van der Waals surface area contributed by atoms with Crippen LogP contribution >= 0.6 is 0 Å². The molecule has 3 heterocycles. The van der Waals surface area contributed by atoms with Gasteiger partial charge in [-0.25, -0.2) is 14.5 Å². The number of carbonyl (C=O) groups excluding carboxylic acids is 3. The Morgan fingerprint density at radius 2 is 1.69 bits per heavy atom. The molecule has 55 heavy (non-hydrogen) atoms. The Balaban J connectivity index is 0.898. The summed E-state index contributed by atoms with van der Waals surface area (Å²) in [6.45, 7) is 4.86. The van der Waals surface area contributed by atoms with Crippen LogP contribution in [-0.4, -0.2) is 114 Å². The second-order valence-electron chi connectivity index (χ2n) is 13.5. The van der Waals surface area contributed by atoms with Crippen molar-refractivity contribution in [2.75, 3.05) is 71.8 Å². The van der Waals surface area contributed by atoms with E-state index in [0.717, 1.165) is 17.5 Å². The van der Waals surface area contributed by atoms with Crippen LogP contribution < -0.4 is 16.6 Å². The number of nitrogens with one attached hydrogen (secondary N) is 2. The van der Waals surface area contributed by atoms with E-state index in [-0.39, 0.29) is 61.4 Å². The zero-order chi connectivity index (χ0) is 38.9. The molecule has 286 valence electrons. The van der Waals surface area contributed by atoms with E-state index in [1.54, 1.807) is 40.3 Å². The van der Waals surface area contributed by atoms with Gasteiger partial charge >= 0.3 is 0 Å². The summed E-state index contributed by atoms with van der Waals surface area (Å²) in [6, 6.07) is 21.4. The number of halogens is 1. The predicted molar refractivity (Wildman–Crippen MR) is 208 cm³/mol. The number of ether oxygens (including phenoxy) is 1. The molecule has 4 N–H and O–H groups in total. The molecule has 1 aliphatic heterocycles. The number of H-pyrrole nitrogens is 1. The first-order valence-electron chi connectivity index (χ1n) is 18.3. The maximum atomic E-state index is 14.9. The molecule has 5 aromatic rings. The molecule has 2 aromatic heterocycles. The highest BCUT2D eigenvalue weighted by atomic mass is 19.1. The fraction of sp³-hybridized carbons (Fsp3) is 0.317. The zero-order valence-corrected chi connectivity index (χ0v) is 31.0. The zero-order valence-electron chi connectivity index (χ0n) is 31.0. The van der Waals surface area contributed by atoms with Crippen LogP contribution in [-0.2, 0) is 22.4 Å². The summed E-state index contributed by atoms with van der Waals surface area (Å²) in [5.74, 6) is -1.53.